The van der Waals surface area contributed by atoms with Crippen LogP contribution in [0.4, 0.5) is 0 Å². The van der Waals surface area contributed by atoms with E-state index in [9.17, 15) is 4.79 Å². The molecule has 2 rings (SSSR count). The van der Waals surface area contributed by atoms with Crippen molar-refractivity contribution in [1.82, 2.24) is 20.0 Å². The molecule has 6 nitrogen and oxygen atoms in total. The van der Waals surface area contributed by atoms with Crippen molar-refractivity contribution in [2.75, 3.05) is 0 Å². The van der Waals surface area contributed by atoms with Crippen LogP contribution in [-0.2, 0) is 7.05 Å². The molecule has 21 heavy (non-hydrogen) atoms. The topological polar surface area (TPSA) is 80.9 Å². The van der Waals surface area contributed by atoms with Gasteiger partial charge in [-0.25, -0.2) is 4.79 Å². The van der Waals surface area contributed by atoms with Gasteiger partial charge in [-0.1, -0.05) is 33.6 Å². The lowest BCUT2D eigenvalue weighted by molar-refractivity contribution is 0.0696. The van der Waals surface area contributed by atoms with Crippen LogP contribution in [0.15, 0.2) is 24.7 Å². The highest BCUT2D eigenvalue weighted by molar-refractivity contribution is 5.87. The maximum atomic E-state index is 10.7. The van der Waals surface area contributed by atoms with Crippen molar-refractivity contribution in [3.05, 3.63) is 41.5 Å². The number of pyridine rings is 1. The molecule has 6 heteroatoms. The molecule has 0 saturated heterocycles. The lowest BCUT2D eigenvalue weighted by Crippen LogP contribution is -1.97. The number of hydrogen-bond donors (Lipinski definition) is 1. The Morgan fingerprint density at radius 1 is 1.14 bits per heavy atom. The van der Waals surface area contributed by atoms with E-state index in [0.717, 1.165) is 0 Å². The largest absolute Gasteiger partial charge is 0.478 e. The molecular weight excluding hydrogens is 268 g/mol. The molecule has 0 unspecified atom stereocenters. The second-order valence-electron chi connectivity index (χ2n) is 3.24. The second kappa shape index (κ2) is 10.1. The number of aromatic carboxylic acids is 1. The minimum atomic E-state index is -1.03. The molecule has 0 aliphatic carbocycles. The van der Waals surface area contributed by atoms with Gasteiger partial charge in [0.05, 0.1) is 11.8 Å². The van der Waals surface area contributed by atoms with E-state index in [1.165, 1.54) is 29.5 Å². The normalized spacial score (nSPS) is 8.24. The zero-order valence-corrected chi connectivity index (χ0v) is 13.0. The van der Waals surface area contributed by atoms with Crippen molar-refractivity contribution in [2.45, 2.75) is 27.7 Å². The van der Waals surface area contributed by atoms with Crippen LogP contribution in [0.2, 0.25) is 0 Å². The summed E-state index contributed by atoms with van der Waals surface area (Å²) in [4.78, 5) is 15.9. The number of rotatable bonds is 1. The number of aromatic nitrogens is 4. The fourth-order valence-electron chi connectivity index (χ4n) is 1.16. The van der Waals surface area contributed by atoms with Gasteiger partial charge in [0.25, 0.3) is 0 Å². The van der Waals surface area contributed by atoms with Gasteiger partial charge in [-0.05, 0) is 12.0 Å². The molecule has 112 valence electrons. The third-order valence-corrected chi connectivity index (χ3v) is 1.92. The van der Waals surface area contributed by atoms with Crippen LogP contribution in [0.3, 0.4) is 0 Å². The molecule has 0 spiro atoms. The summed E-state index contributed by atoms with van der Waals surface area (Å²) in [6, 6.07) is 1.46. The molecule has 0 aromatic carbocycles. The average Bonchev–Trinajstić information content (AvgIpc) is 2.95. The predicted octanol–water partition coefficient (Wildman–Crippen LogP) is 2.36. The molecule has 0 saturated carbocycles. The second-order valence-corrected chi connectivity index (χ2v) is 3.24. The van der Waals surface area contributed by atoms with Gasteiger partial charge in [-0.15, -0.1) is 5.10 Å². The first-order chi connectivity index (χ1) is 10.1. The van der Waals surface area contributed by atoms with E-state index in [1.807, 2.05) is 27.7 Å². The summed E-state index contributed by atoms with van der Waals surface area (Å²) in [7, 11) is 1.69. The van der Waals surface area contributed by atoms with E-state index >= 15 is 0 Å². The lowest BCUT2D eigenvalue weighted by atomic mass is 10.2. The van der Waals surface area contributed by atoms with Gasteiger partial charge in [0.15, 0.2) is 5.69 Å². The monoisotopic (exact) mass is 288 g/mol. The molecule has 0 amide bonds. The predicted molar refractivity (Wildman–Crippen MR) is 80.9 cm³/mol. The number of carboxylic acids is 1. The summed E-state index contributed by atoms with van der Waals surface area (Å²) in [5, 5.41) is 16.6. The highest BCUT2D eigenvalue weighted by atomic mass is 16.4. The van der Waals surface area contributed by atoms with Gasteiger partial charge >= 0.3 is 5.97 Å². The van der Waals surface area contributed by atoms with E-state index in [4.69, 9.17) is 5.11 Å². The molecule has 2 aromatic rings. The molecule has 1 N–H and O–H groups in total. The first kappa shape index (κ1) is 18.3. The van der Waals surface area contributed by atoms with Crippen LogP contribution < -0.4 is 0 Å². The quantitative estimate of drug-likeness (QED) is 0.815. The molecule has 0 aliphatic heterocycles. The molecular formula is C15H20N4O2. The Morgan fingerprint density at radius 2 is 1.81 bits per heavy atom. The summed E-state index contributed by atoms with van der Waals surface area (Å²) in [6.45, 7) is 8.00. The van der Waals surface area contributed by atoms with E-state index in [-0.39, 0.29) is 5.56 Å². The Morgan fingerprint density at radius 3 is 2.33 bits per heavy atom. The van der Waals surface area contributed by atoms with Gasteiger partial charge in [-0.2, -0.15) is 9.90 Å². The number of nitrogens with zero attached hydrogens (tertiary/aromatic N) is 4. The van der Waals surface area contributed by atoms with Crippen LogP contribution in [0.1, 0.15) is 49.3 Å². The molecule has 2 aromatic heterocycles. The zero-order valence-electron chi connectivity index (χ0n) is 13.0. The molecule has 0 radical (unpaired) electrons. The Bertz CT molecular complexity index is 624. The van der Waals surface area contributed by atoms with Crippen LogP contribution in [0.5, 0.6) is 0 Å². The number of aryl methyl sites for hydroxylation is 1. The first-order valence-electron chi connectivity index (χ1n) is 6.72. The maximum absolute atomic E-state index is 10.7. The average molecular weight is 288 g/mol. The van der Waals surface area contributed by atoms with Gasteiger partial charge in [-0.3, -0.25) is 4.98 Å². The lowest BCUT2D eigenvalue weighted by Gasteiger charge is -1.93. The molecule has 0 atom stereocenters. The molecule has 0 aliphatic rings. The number of carboxylic acid groups (broad SMARTS) is 1. The molecule has 0 fully saturated rings. The maximum Gasteiger partial charge on any atom is 0.337 e. The van der Waals surface area contributed by atoms with E-state index in [2.05, 4.69) is 27.0 Å². The molecule has 2 heterocycles. The van der Waals surface area contributed by atoms with E-state index < -0.39 is 5.97 Å². The van der Waals surface area contributed by atoms with Gasteiger partial charge in [0, 0.05) is 25.0 Å². The summed E-state index contributed by atoms with van der Waals surface area (Å²) in [5.74, 6) is 4.52. The van der Waals surface area contributed by atoms with Crippen molar-refractivity contribution in [3.63, 3.8) is 0 Å². The highest BCUT2D eigenvalue weighted by Gasteiger charge is 2.02. The Kier molecular flexibility index (Phi) is 8.85. The van der Waals surface area contributed by atoms with E-state index in [1.54, 1.807) is 7.05 Å². The third-order valence-electron chi connectivity index (χ3n) is 1.92. The van der Waals surface area contributed by atoms with Crippen LogP contribution in [-0.4, -0.2) is 31.1 Å². The Balaban J connectivity index is 0.000000921. The highest BCUT2D eigenvalue weighted by Crippen LogP contribution is 2.01. The van der Waals surface area contributed by atoms with Crippen LogP contribution in [0.25, 0.3) is 0 Å². The van der Waals surface area contributed by atoms with Gasteiger partial charge in [0.2, 0.25) is 0 Å². The minimum Gasteiger partial charge on any atom is -0.478 e. The Hall–Kier alpha value is -2.68. The van der Waals surface area contributed by atoms with Gasteiger partial charge in [0.1, 0.15) is 0 Å². The van der Waals surface area contributed by atoms with Crippen LogP contribution in [0, 0.1) is 11.8 Å². The third kappa shape index (κ3) is 6.34. The smallest absolute Gasteiger partial charge is 0.337 e. The van der Waals surface area contributed by atoms with Crippen molar-refractivity contribution >= 4 is 5.97 Å². The van der Waals surface area contributed by atoms with Crippen LogP contribution >= 0.6 is 0 Å². The van der Waals surface area contributed by atoms with Crippen molar-refractivity contribution in [3.8, 4) is 11.8 Å². The van der Waals surface area contributed by atoms with Gasteiger partial charge < -0.3 is 5.11 Å². The van der Waals surface area contributed by atoms with Crippen molar-refractivity contribution in [1.29, 1.82) is 0 Å². The van der Waals surface area contributed by atoms with Crippen molar-refractivity contribution < 1.29 is 9.90 Å². The standard InChI is InChI=1S/C11H8N4O2.2C2H6/c1-15-13-7-10(14-15)3-2-8-4-9(11(16)17)6-12-5-8;2*1-2/h4-7H,1H3,(H,16,17);2*1-2H3. The van der Waals surface area contributed by atoms with Crippen molar-refractivity contribution in [2.24, 2.45) is 7.05 Å². The summed E-state index contributed by atoms with van der Waals surface area (Å²) in [5.41, 5.74) is 1.15. The minimum absolute atomic E-state index is 0.107. The fourth-order valence-corrected chi connectivity index (χ4v) is 1.16. The summed E-state index contributed by atoms with van der Waals surface area (Å²) >= 11 is 0. The first-order valence-corrected chi connectivity index (χ1v) is 6.72. The molecule has 0 bridgehead atoms. The number of carbonyl (C=O) groups is 1. The fraction of sp³-hybridized carbons (Fsp3) is 0.333. The summed E-state index contributed by atoms with van der Waals surface area (Å²) < 4.78 is 0. The number of hydrogen-bond acceptors (Lipinski definition) is 4. The zero-order chi connectivity index (χ0) is 16.3. The Labute approximate surface area is 124 Å². The van der Waals surface area contributed by atoms with E-state index in [0.29, 0.717) is 11.3 Å². The SMILES string of the molecule is CC.CC.Cn1ncc(C#Cc2cncc(C(=O)O)c2)n1. The summed E-state index contributed by atoms with van der Waals surface area (Å²) in [6.07, 6.45) is 4.30.